The van der Waals surface area contributed by atoms with Crippen LogP contribution in [0.5, 0.6) is 0 Å². The molecule has 0 aliphatic carbocycles. The smallest absolute Gasteiger partial charge is 0.271 e. The average Bonchev–Trinajstić information content (AvgIpc) is 2.17. The largest absolute Gasteiger partial charge is 0.372 e. The van der Waals surface area contributed by atoms with Crippen LogP contribution in [0.1, 0.15) is 10.5 Å². The second kappa shape index (κ2) is 3.66. The van der Waals surface area contributed by atoms with Gasteiger partial charge < -0.3 is 10.6 Å². The molecule has 1 heterocycles. The molecular weight excluding hydrogens is 156 g/mol. The number of carbonyl (C=O) groups excluding carboxylic acids is 1. The molecule has 1 amide bonds. The van der Waals surface area contributed by atoms with E-state index in [1.807, 2.05) is 0 Å². The fourth-order valence-electron chi connectivity index (χ4n) is 0.724. The first-order chi connectivity index (χ1) is 5.77. The van der Waals surface area contributed by atoms with E-state index < -0.39 is 0 Å². The van der Waals surface area contributed by atoms with Crippen LogP contribution in [0.4, 0.5) is 5.82 Å². The van der Waals surface area contributed by atoms with Gasteiger partial charge in [-0.15, -0.1) is 0 Å². The molecule has 5 nitrogen and oxygen atoms in total. The van der Waals surface area contributed by atoms with Gasteiger partial charge in [0.25, 0.3) is 5.91 Å². The van der Waals surface area contributed by atoms with Crippen molar-refractivity contribution in [2.45, 2.75) is 0 Å². The van der Waals surface area contributed by atoms with Crippen molar-refractivity contribution in [2.75, 3.05) is 19.4 Å². The summed E-state index contributed by atoms with van der Waals surface area (Å²) >= 11 is 0. The molecule has 1 aromatic rings. The van der Waals surface area contributed by atoms with Gasteiger partial charge in [0, 0.05) is 14.1 Å². The van der Waals surface area contributed by atoms with Crippen molar-refractivity contribution in [3.63, 3.8) is 0 Å². The van der Waals surface area contributed by atoms with E-state index in [9.17, 15) is 4.79 Å². The monoisotopic (exact) mass is 166 g/mol. The highest BCUT2D eigenvalue weighted by Crippen LogP contribution is 1.99. The number of anilines is 1. The van der Waals surface area contributed by atoms with Gasteiger partial charge in [-0.1, -0.05) is 0 Å². The second-order valence-electron chi connectivity index (χ2n) is 2.12. The lowest BCUT2D eigenvalue weighted by atomic mass is 10.4. The molecule has 64 valence electrons. The lowest BCUT2D eigenvalue weighted by molar-refractivity contribution is 0.0958. The van der Waals surface area contributed by atoms with Gasteiger partial charge in [0.1, 0.15) is 11.5 Å². The Hall–Kier alpha value is -1.65. The number of hydrogen-bond acceptors (Lipinski definition) is 4. The van der Waals surface area contributed by atoms with Crippen LogP contribution in [0.25, 0.3) is 0 Å². The van der Waals surface area contributed by atoms with Crippen molar-refractivity contribution in [3.8, 4) is 0 Å². The van der Waals surface area contributed by atoms with Crippen LogP contribution in [0.2, 0.25) is 0 Å². The fourth-order valence-corrected chi connectivity index (χ4v) is 0.724. The van der Waals surface area contributed by atoms with Crippen LogP contribution in [0, 0.1) is 0 Å². The van der Waals surface area contributed by atoms with Crippen LogP contribution in [0.3, 0.4) is 0 Å². The van der Waals surface area contributed by atoms with Crippen molar-refractivity contribution < 1.29 is 4.79 Å². The van der Waals surface area contributed by atoms with Crippen LogP contribution >= 0.6 is 0 Å². The number of nitrogens with zero attached hydrogens (tertiary/aromatic N) is 2. The zero-order valence-electron chi connectivity index (χ0n) is 6.96. The third kappa shape index (κ3) is 1.69. The maximum absolute atomic E-state index is 11.0. The molecule has 1 aromatic heterocycles. The molecule has 0 saturated carbocycles. The van der Waals surface area contributed by atoms with E-state index in [1.165, 1.54) is 6.20 Å². The van der Waals surface area contributed by atoms with E-state index in [4.69, 9.17) is 0 Å². The summed E-state index contributed by atoms with van der Waals surface area (Å²) in [5, 5.41) is 5.26. The summed E-state index contributed by atoms with van der Waals surface area (Å²) in [7, 11) is 3.27. The molecule has 0 spiro atoms. The predicted octanol–water partition coefficient (Wildman–Crippen LogP) is -0.122. The fraction of sp³-hybridized carbons (Fsp3) is 0.286. The van der Waals surface area contributed by atoms with Crippen molar-refractivity contribution >= 4 is 11.7 Å². The first kappa shape index (κ1) is 8.45. The Morgan fingerprint density at radius 1 is 1.42 bits per heavy atom. The van der Waals surface area contributed by atoms with E-state index in [-0.39, 0.29) is 5.91 Å². The molecule has 5 heteroatoms. The van der Waals surface area contributed by atoms with E-state index in [2.05, 4.69) is 20.6 Å². The minimum atomic E-state index is -0.236. The Bertz CT molecular complexity index is 286. The highest BCUT2D eigenvalue weighted by atomic mass is 16.1. The summed E-state index contributed by atoms with van der Waals surface area (Å²) in [6.45, 7) is 0. The lowest BCUT2D eigenvalue weighted by Crippen LogP contribution is -2.19. The highest BCUT2D eigenvalue weighted by Gasteiger charge is 2.04. The molecule has 0 radical (unpaired) electrons. The SMILES string of the molecule is CNC(=O)c1cncc(NC)n1. The normalized spacial score (nSPS) is 9.17. The van der Waals surface area contributed by atoms with Gasteiger partial charge in [-0.2, -0.15) is 0 Å². The van der Waals surface area contributed by atoms with Gasteiger partial charge in [0.15, 0.2) is 0 Å². The van der Waals surface area contributed by atoms with Crippen molar-refractivity contribution in [1.82, 2.24) is 15.3 Å². The molecule has 12 heavy (non-hydrogen) atoms. The van der Waals surface area contributed by atoms with Gasteiger partial charge in [0.2, 0.25) is 0 Å². The van der Waals surface area contributed by atoms with Crippen LogP contribution in [-0.4, -0.2) is 30.0 Å². The van der Waals surface area contributed by atoms with Crippen molar-refractivity contribution in [1.29, 1.82) is 0 Å². The minimum Gasteiger partial charge on any atom is -0.372 e. The molecule has 2 N–H and O–H groups in total. The van der Waals surface area contributed by atoms with E-state index in [1.54, 1.807) is 20.3 Å². The van der Waals surface area contributed by atoms with E-state index >= 15 is 0 Å². The molecule has 0 aliphatic heterocycles. The Balaban J connectivity index is 2.93. The Kier molecular flexibility index (Phi) is 2.57. The van der Waals surface area contributed by atoms with Crippen molar-refractivity contribution in [3.05, 3.63) is 18.1 Å². The van der Waals surface area contributed by atoms with E-state index in [0.29, 0.717) is 11.5 Å². The molecule has 0 unspecified atom stereocenters. The van der Waals surface area contributed by atoms with Gasteiger partial charge >= 0.3 is 0 Å². The number of aromatic nitrogens is 2. The third-order valence-electron chi connectivity index (χ3n) is 1.35. The summed E-state index contributed by atoms with van der Waals surface area (Å²) in [6, 6.07) is 0. The molecular formula is C7H10N4O. The van der Waals surface area contributed by atoms with Gasteiger partial charge in [0.05, 0.1) is 12.4 Å². The summed E-state index contributed by atoms with van der Waals surface area (Å²) < 4.78 is 0. The molecule has 0 aromatic carbocycles. The number of hydrogen-bond donors (Lipinski definition) is 2. The zero-order chi connectivity index (χ0) is 8.97. The summed E-state index contributed by atoms with van der Waals surface area (Å²) in [5.41, 5.74) is 0.310. The third-order valence-corrected chi connectivity index (χ3v) is 1.35. The summed E-state index contributed by atoms with van der Waals surface area (Å²) in [6.07, 6.45) is 2.96. The standard InChI is InChI=1S/C7H10N4O/c1-8-6-4-10-3-5(11-6)7(12)9-2/h3-4H,1-2H3,(H,8,11)(H,9,12). The van der Waals surface area contributed by atoms with Gasteiger partial charge in [-0.3, -0.25) is 9.78 Å². The number of nitrogens with one attached hydrogen (secondary N) is 2. The van der Waals surface area contributed by atoms with Gasteiger partial charge in [-0.25, -0.2) is 4.98 Å². The Labute approximate surface area is 70.2 Å². The summed E-state index contributed by atoms with van der Waals surface area (Å²) in [4.78, 5) is 18.9. The van der Waals surface area contributed by atoms with Crippen LogP contribution in [0.15, 0.2) is 12.4 Å². The molecule has 0 fully saturated rings. The molecule has 0 atom stereocenters. The summed E-state index contributed by atoms with van der Waals surface area (Å²) in [5.74, 6) is 0.343. The second-order valence-corrected chi connectivity index (χ2v) is 2.12. The van der Waals surface area contributed by atoms with E-state index in [0.717, 1.165) is 0 Å². The average molecular weight is 166 g/mol. The molecule has 0 aliphatic rings. The number of amides is 1. The number of carbonyl (C=O) groups is 1. The van der Waals surface area contributed by atoms with Crippen molar-refractivity contribution in [2.24, 2.45) is 0 Å². The number of rotatable bonds is 2. The minimum absolute atomic E-state index is 0.236. The quantitative estimate of drug-likeness (QED) is 0.642. The first-order valence-electron chi connectivity index (χ1n) is 3.50. The lowest BCUT2D eigenvalue weighted by Gasteiger charge is -2.00. The predicted molar refractivity (Wildman–Crippen MR) is 45.0 cm³/mol. The molecule has 0 saturated heterocycles. The maximum Gasteiger partial charge on any atom is 0.271 e. The van der Waals surface area contributed by atoms with Gasteiger partial charge in [-0.05, 0) is 0 Å². The van der Waals surface area contributed by atoms with Crippen LogP contribution in [-0.2, 0) is 0 Å². The highest BCUT2D eigenvalue weighted by molar-refractivity contribution is 5.91. The first-order valence-corrected chi connectivity index (χ1v) is 3.50. The maximum atomic E-state index is 11.0. The Morgan fingerprint density at radius 2 is 2.17 bits per heavy atom. The zero-order valence-corrected chi connectivity index (χ0v) is 6.96. The molecule has 1 rings (SSSR count). The topological polar surface area (TPSA) is 66.9 Å². The van der Waals surface area contributed by atoms with Crippen LogP contribution < -0.4 is 10.6 Å². The molecule has 0 bridgehead atoms. The Morgan fingerprint density at radius 3 is 2.75 bits per heavy atom.